The van der Waals surface area contributed by atoms with Crippen molar-refractivity contribution in [3.63, 3.8) is 0 Å². The zero-order valence-corrected chi connectivity index (χ0v) is 13.3. The van der Waals surface area contributed by atoms with Crippen LogP contribution in [0.1, 0.15) is 31.2 Å². The number of nitrogens with one attached hydrogen (secondary N) is 1. The maximum absolute atomic E-state index is 12.3. The van der Waals surface area contributed by atoms with Gasteiger partial charge in [-0.15, -0.1) is 0 Å². The standard InChI is InChI=1S/C17H20ClN3O/c18-15-5-6-16(14(8-15)9-19)21-7-1-2-13(11-21)17(22)20-10-12-3-4-12/h5-6,8,12-13H,1-4,7,10-11H2,(H,20,22). The zero-order valence-electron chi connectivity index (χ0n) is 12.5. The molecule has 2 aliphatic rings. The van der Waals surface area contributed by atoms with Crippen LogP contribution in [0.25, 0.3) is 0 Å². The molecule has 0 spiro atoms. The predicted octanol–water partition coefficient (Wildman–Crippen LogP) is 2.95. The van der Waals surface area contributed by atoms with Gasteiger partial charge in [-0.1, -0.05) is 11.6 Å². The Kier molecular flexibility index (Phi) is 4.54. The molecule has 1 heterocycles. The van der Waals surface area contributed by atoms with Crippen molar-refractivity contribution in [2.75, 3.05) is 24.5 Å². The molecule has 1 saturated heterocycles. The van der Waals surface area contributed by atoms with Gasteiger partial charge in [0.05, 0.1) is 17.2 Å². The number of hydrogen-bond donors (Lipinski definition) is 1. The molecule has 1 aliphatic heterocycles. The largest absolute Gasteiger partial charge is 0.370 e. The summed E-state index contributed by atoms with van der Waals surface area (Å²) >= 11 is 5.96. The van der Waals surface area contributed by atoms with Gasteiger partial charge in [-0.25, -0.2) is 0 Å². The van der Waals surface area contributed by atoms with E-state index in [1.807, 2.05) is 6.07 Å². The highest BCUT2D eigenvalue weighted by Gasteiger charge is 2.28. The fourth-order valence-electron chi connectivity index (χ4n) is 2.99. The molecule has 22 heavy (non-hydrogen) atoms. The van der Waals surface area contributed by atoms with Gasteiger partial charge in [0.25, 0.3) is 0 Å². The molecule has 0 aromatic heterocycles. The highest BCUT2D eigenvalue weighted by atomic mass is 35.5. The van der Waals surface area contributed by atoms with Crippen molar-refractivity contribution < 1.29 is 4.79 Å². The highest BCUT2D eigenvalue weighted by molar-refractivity contribution is 6.30. The van der Waals surface area contributed by atoms with Crippen molar-refractivity contribution in [3.05, 3.63) is 28.8 Å². The average Bonchev–Trinajstić information content (AvgIpc) is 3.37. The second-order valence-corrected chi connectivity index (χ2v) is 6.68. The number of amides is 1. The number of hydrogen-bond acceptors (Lipinski definition) is 3. The van der Waals surface area contributed by atoms with Crippen molar-refractivity contribution in [1.29, 1.82) is 5.26 Å². The molecule has 0 bridgehead atoms. The molecule has 5 heteroatoms. The molecule has 1 aliphatic carbocycles. The van der Waals surface area contributed by atoms with Crippen LogP contribution in [0, 0.1) is 23.2 Å². The minimum absolute atomic E-state index is 0.00900. The van der Waals surface area contributed by atoms with Crippen molar-refractivity contribution in [2.45, 2.75) is 25.7 Å². The Labute approximate surface area is 136 Å². The molecule has 2 fully saturated rings. The molecule has 1 atom stereocenters. The fourth-order valence-corrected chi connectivity index (χ4v) is 3.17. The number of piperidine rings is 1. The third-order valence-corrected chi connectivity index (χ3v) is 4.71. The Hall–Kier alpha value is -1.73. The summed E-state index contributed by atoms with van der Waals surface area (Å²) in [6, 6.07) is 7.57. The van der Waals surface area contributed by atoms with Gasteiger partial charge in [-0.3, -0.25) is 4.79 Å². The van der Waals surface area contributed by atoms with E-state index >= 15 is 0 Å². The Morgan fingerprint density at radius 1 is 1.41 bits per heavy atom. The Bertz CT molecular complexity index is 606. The van der Waals surface area contributed by atoms with Crippen LogP contribution in [0.5, 0.6) is 0 Å². The van der Waals surface area contributed by atoms with Gasteiger partial charge < -0.3 is 10.2 Å². The fraction of sp³-hybridized carbons (Fsp3) is 0.529. The molecule has 1 amide bonds. The van der Waals surface area contributed by atoms with E-state index in [0.717, 1.165) is 31.6 Å². The summed E-state index contributed by atoms with van der Waals surface area (Å²) in [6.45, 7) is 2.37. The van der Waals surface area contributed by atoms with E-state index in [-0.39, 0.29) is 11.8 Å². The molecule has 1 N–H and O–H groups in total. The van der Waals surface area contributed by atoms with Crippen LogP contribution in [0.3, 0.4) is 0 Å². The highest BCUT2D eigenvalue weighted by Crippen LogP contribution is 2.29. The van der Waals surface area contributed by atoms with Crippen LogP contribution in [-0.4, -0.2) is 25.5 Å². The van der Waals surface area contributed by atoms with E-state index in [2.05, 4.69) is 16.3 Å². The van der Waals surface area contributed by atoms with Gasteiger partial charge in [-0.05, 0) is 49.8 Å². The number of nitriles is 1. The van der Waals surface area contributed by atoms with Gasteiger partial charge in [-0.2, -0.15) is 5.26 Å². The van der Waals surface area contributed by atoms with Crippen molar-refractivity contribution in [1.82, 2.24) is 5.32 Å². The number of halogens is 1. The van der Waals surface area contributed by atoms with E-state index in [4.69, 9.17) is 11.6 Å². The molecule has 1 aromatic rings. The van der Waals surface area contributed by atoms with E-state index in [9.17, 15) is 10.1 Å². The normalized spacial score (nSPS) is 21.3. The predicted molar refractivity (Wildman–Crippen MR) is 86.8 cm³/mol. The quantitative estimate of drug-likeness (QED) is 0.929. The third kappa shape index (κ3) is 3.53. The average molecular weight is 318 g/mol. The second-order valence-electron chi connectivity index (χ2n) is 6.25. The minimum Gasteiger partial charge on any atom is -0.370 e. The first-order valence-electron chi connectivity index (χ1n) is 7.89. The summed E-state index contributed by atoms with van der Waals surface area (Å²) in [5.41, 5.74) is 1.46. The van der Waals surface area contributed by atoms with Crippen molar-refractivity contribution in [3.8, 4) is 6.07 Å². The maximum Gasteiger partial charge on any atom is 0.224 e. The minimum atomic E-state index is 0.00900. The van der Waals surface area contributed by atoms with Crippen LogP contribution in [-0.2, 0) is 4.79 Å². The number of rotatable bonds is 4. The van der Waals surface area contributed by atoms with Crippen LogP contribution in [0.2, 0.25) is 5.02 Å². The monoisotopic (exact) mass is 317 g/mol. The summed E-state index contributed by atoms with van der Waals surface area (Å²) < 4.78 is 0. The Morgan fingerprint density at radius 2 is 2.23 bits per heavy atom. The number of carbonyl (C=O) groups is 1. The Morgan fingerprint density at radius 3 is 2.95 bits per heavy atom. The van der Waals surface area contributed by atoms with E-state index in [1.54, 1.807) is 12.1 Å². The van der Waals surface area contributed by atoms with Gasteiger partial charge >= 0.3 is 0 Å². The van der Waals surface area contributed by atoms with Crippen LogP contribution in [0.15, 0.2) is 18.2 Å². The van der Waals surface area contributed by atoms with Gasteiger partial charge in [0.15, 0.2) is 0 Å². The van der Waals surface area contributed by atoms with Crippen LogP contribution < -0.4 is 10.2 Å². The molecule has 0 radical (unpaired) electrons. The smallest absolute Gasteiger partial charge is 0.224 e. The second kappa shape index (κ2) is 6.58. The first-order valence-corrected chi connectivity index (χ1v) is 8.27. The molecule has 3 rings (SSSR count). The lowest BCUT2D eigenvalue weighted by Crippen LogP contribution is -2.43. The lowest BCUT2D eigenvalue weighted by atomic mass is 9.96. The summed E-state index contributed by atoms with van der Waals surface area (Å²) in [4.78, 5) is 14.4. The molecule has 116 valence electrons. The van der Waals surface area contributed by atoms with Gasteiger partial charge in [0, 0.05) is 24.7 Å². The van der Waals surface area contributed by atoms with Crippen LogP contribution in [0.4, 0.5) is 5.69 Å². The maximum atomic E-state index is 12.3. The SMILES string of the molecule is N#Cc1cc(Cl)ccc1N1CCCC(C(=O)NCC2CC2)C1. The lowest BCUT2D eigenvalue weighted by molar-refractivity contribution is -0.125. The van der Waals surface area contributed by atoms with Crippen molar-refractivity contribution >= 4 is 23.2 Å². The molecule has 1 aromatic carbocycles. The molecule has 4 nitrogen and oxygen atoms in total. The first kappa shape index (κ1) is 15.2. The topological polar surface area (TPSA) is 56.1 Å². The summed E-state index contributed by atoms with van der Waals surface area (Å²) in [7, 11) is 0. The van der Waals surface area contributed by atoms with E-state index < -0.39 is 0 Å². The van der Waals surface area contributed by atoms with Gasteiger partial charge in [0.1, 0.15) is 6.07 Å². The summed E-state index contributed by atoms with van der Waals surface area (Å²) in [5, 5.41) is 12.9. The number of anilines is 1. The summed E-state index contributed by atoms with van der Waals surface area (Å²) in [5.74, 6) is 0.865. The number of benzene rings is 1. The summed E-state index contributed by atoms with van der Waals surface area (Å²) in [6.07, 6.45) is 4.37. The van der Waals surface area contributed by atoms with E-state index in [1.165, 1.54) is 12.8 Å². The molecule has 1 saturated carbocycles. The number of carbonyl (C=O) groups excluding carboxylic acids is 1. The third-order valence-electron chi connectivity index (χ3n) is 4.47. The number of nitrogens with zero attached hydrogens (tertiary/aromatic N) is 2. The molecular formula is C17H20ClN3O. The van der Waals surface area contributed by atoms with Crippen LogP contribution >= 0.6 is 11.6 Å². The lowest BCUT2D eigenvalue weighted by Gasteiger charge is -2.34. The van der Waals surface area contributed by atoms with Crippen molar-refractivity contribution in [2.24, 2.45) is 11.8 Å². The first-order chi connectivity index (χ1) is 10.7. The van der Waals surface area contributed by atoms with E-state index in [0.29, 0.717) is 23.0 Å². The Balaban J connectivity index is 1.67. The zero-order chi connectivity index (χ0) is 15.5. The molecule has 1 unspecified atom stereocenters. The molecular weight excluding hydrogens is 298 g/mol. The van der Waals surface area contributed by atoms with Gasteiger partial charge in [0.2, 0.25) is 5.91 Å².